The molecule has 1 aromatic carbocycles. The third-order valence-electron chi connectivity index (χ3n) is 3.91. The average Bonchev–Trinajstić information content (AvgIpc) is 2.59. The molecule has 1 aromatic heterocycles. The molecule has 0 aliphatic carbocycles. The summed E-state index contributed by atoms with van der Waals surface area (Å²) in [6.45, 7) is 4.24. The lowest BCUT2D eigenvalue weighted by molar-refractivity contribution is -0.129. The second-order valence-electron chi connectivity index (χ2n) is 5.56. The molecule has 0 saturated carbocycles. The Morgan fingerprint density at radius 1 is 1.20 bits per heavy atom. The second-order valence-corrected chi connectivity index (χ2v) is 7.43. The quantitative estimate of drug-likeness (QED) is 0.856. The number of hydrogen-bond donors (Lipinski definition) is 1. The van der Waals surface area contributed by atoms with Crippen LogP contribution >= 0.6 is 35.0 Å². The number of hydrogen-bond acceptors (Lipinski definition) is 6. The molecule has 2 heterocycles. The van der Waals surface area contributed by atoms with Gasteiger partial charge in [0.05, 0.1) is 14.9 Å². The molecule has 2 aromatic rings. The van der Waals surface area contributed by atoms with Crippen LogP contribution in [-0.4, -0.2) is 47.0 Å². The number of nitrogens with two attached hydrogens (primary N) is 1. The highest BCUT2D eigenvalue weighted by molar-refractivity contribution is 7.99. The molecule has 0 atom stereocenters. The number of carbonyl (C=O) groups excluding carboxylic acids is 1. The summed E-state index contributed by atoms with van der Waals surface area (Å²) >= 11 is 14.0. The summed E-state index contributed by atoms with van der Waals surface area (Å²) in [5, 5.41) is 1.14. The molecule has 2 N–H and O–H groups in total. The van der Waals surface area contributed by atoms with Gasteiger partial charge in [-0.1, -0.05) is 41.0 Å². The van der Waals surface area contributed by atoms with Gasteiger partial charge >= 0.3 is 0 Å². The minimum Gasteiger partial charge on any atom is -0.368 e. The maximum atomic E-state index is 11.5. The monoisotopic (exact) mass is 397 g/mol. The Morgan fingerprint density at radius 3 is 2.44 bits per heavy atom. The molecule has 1 amide bonds. The van der Waals surface area contributed by atoms with Crippen LogP contribution in [0.15, 0.2) is 34.2 Å². The van der Waals surface area contributed by atoms with Crippen LogP contribution in [-0.2, 0) is 4.79 Å². The zero-order chi connectivity index (χ0) is 18.0. The van der Waals surface area contributed by atoms with Crippen molar-refractivity contribution >= 4 is 52.6 Å². The molecule has 0 radical (unpaired) electrons. The van der Waals surface area contributed by atoms with Crippen molar-refractivity contribution in [3.8, 4) is 0 Å². The van der Waals surface area contributed by atoms with Crippen molar-refractivity contribution < 1.29 is 4.79 Å². The zero-order valence-electron chi connectivity index (χ0n) is 13.6. The first kappa shape index (κ1) is 18.1. The highest BCUT2D eigenvalue weighted by atomic mass is 35.5. The number of benzene rings is 1. The van der Waals surface area contributed by atoms with Crippen molar-refractivity contribution in [1.29, 1.82) is 0 Å². The van der Waals surface area contributed by atoms with Crippen molar-refractivity contribution in [3.63, 3.8) is 0 Å². The van der Waals surface area contributed by atoms with Crippen molar-refractivity contribution in [2.24, 2.45) is 0 Å². The van der Waals surface area contributed by atoms with E-state index in [-0.39, 0.29) is 11.9 Å². The van der Waals surface area contributed by atoms with E-state index >= 15 is 0 Å². The fourth-order valence-corrected chi connectivity index (χ4v) is 4.15. The Bertz CT molecular complexity index is 776. The highest BCUT2D eigenvalue weighted by Gasteiger charge is 2.23. The first-order chi connectivity index (χ1) is 12.0. The molecule has 1 aliphatic rings. The lowest BCUT2D eigenvalue weighted by Crippen LogP contribution is -2.48. The molecule has 0 spiro atoms. The van der Waals surface area contributed by atoms with E-state index in [0.717, 1.165) is 15.6 Å². The first-order valence-electron chi connectivity index (χ1n) is 7.70. The Labute approximate surface area is 160 Å². The summed E-state index contributed by atoms with van der Waals surface area (Å²) in [7, 11) is 0. The predicted molar refractivity (Wildman–Crippen MR) is 101 cm³/mol. The van der Waals surface area contributed by atoms with Gasteiger partial charge in [0.1, 0.15) is 5.82 Å². The molecular weight excluding hydrogens is 381 g/mol. The average molecular weight is 398 g/mol. The van der Waals surface area contributed by atoms with Crippen LogP contribution in [0.3, 0.4) is 0 Å². The Morgan fingerprint density at radius 2 is 1.84 bits per heavy atom. The van der Waals surface area contributed by atoms with Crippen molar-refractivity contribution in [2.75, 3.05) is 36.8 Å². The van der Waals surface area contributed by atoms with E-state index in [2.05, 4.69) is 14.9 Å². The molecule has 0 unspecified atom stereocenters. The van der Waals surface area contributed by atoms with Gasteiger partial charge < -0.3 is 15.5 Å². The van der Waals surface area contributed by atoms with E-state index in [1.807, 2.05) is 4.90 Å². The van der Waals surface area contributed by atoms with Gasteiger partial charge in [-0.15, -0.1) is 0 Å². The van der Waals surface area contributed by atoms with Crippen LogP contribution in [0.25, 0.3) is 0 Å². The summed E-state index contributed by atoms with van der Waals surface area (Å²) in [4.78, 5) is 25.5. The van der Waals surface area contributed by atoms with Gasteiger partial charge in [-0.2, -0.15) is 4.98 Å². The molecular formula is C16H17Cl2N5OS. The molecule has 1 aliphatic heterocycles. The SMILES string of the molecule is CC(=O)N1CCN(c2nc(N)ncc2Sc2c(Cl)cccc2Cl)CC1. The van der Waals surface area contributed by atoms with Crippen LogP contribution in [0.2, 0.25) is 10.0 Å². The third-order valence-corrected chi connectivity index (χ3v) is 5.92. The van der Waals surface area contributed by atoms with Crippen molar-refractivity contribution in [3.05, 3.63) is 34.4 Å². The van der Waals surface area contributed by atoms with E-state index in [1.54, 1.807) is 31.3 Å². The molecule has 25 heavy (non-hydrogen) atoms. The Balaban J connectivity index is 1.88. The summed E-state index contributed by atoms with van der Waals surface area (Å²) in [6, 6.07) is 5.38. The summed E-state index contributed by atoms with van der Waals surface area (Å²) in [5.41, 5.74) is 5.79. The van der Waals surface area contributed by atoms with Gasteiger partial charge in [0.25, 0.3) is 0 Å². The number of rotatable bonds is 3. The minimum atomic E-state index is 0.0827. The standard InChI is InChI=1S/C16H17Cl2N5OS/c1-10(24)22-5-7-23(8-6-22)15-13(9-20-16(19)21-15)25-14-11(17)3-2-4-12(14)18/h2-4,9H,5-8H2,1H3,(H2,19,20,21). The van der Waals surface area contributed by atoms with Crippen molar-refractivity contribution in [1.82, 2.24) is 14.9 Å². The van der Waals surface area contributed by atoms with E-state index in [4.69, 9.17) is 28.9 Å². The molecule has 6 nitrogen and oxygen atoms in total. The fourth-order valence-electron chi connectivity index (χ4n) is 2.60. The molecule has 9 heteroatoms. The summed E-state index contributed by atoms with van der Waals surface area (Å²) in [5.74, 6) is 1.02. The fraction of sp³-hybridized carbons (Fsp3) is 0.312. The van der Waals surface area contributed by atoms with Crippen LogP contribution in [0, 0.1) is 0 Å². The van der Waals surface area contributed by atoms with Gasteiger partial charge in [0.15, 0.2) is 0 Å². The Kier molecular flexibility index (Phi) is 5.56. The predicted octanol–water partition coefficient (Wildman–Crippen LogP) is 3.19. The van der Waals surface area contributed by atoms with E-state index < -0.39 is 0 Å². The normalized spacial score (nSPS) is 14.7. The van der Waals surface area contributed by atoms with Gasteiger partial charge in [0.2, 0.25) is 11.9 Å². The van der Waals surface area contributed by atoms with Gasteiger partial charge in [-0.05, 0) is 12.1 Å². The van der Waals surface area contributed by atoms with E-state index in [9.17, 15) is 4.79 Å². The van der Waals surface area contributed by atoms with E-state index in [0.29, 0.717) is 36.2 Å². The smallest absolute Gasteiger partial charge is 0.222 e. The van der Waals surface area contributed by atoms with Gasteiger partial charge in [-0.3, -0.25) is 4.79 Å². The van der Waals surface area contributed by atoms with Gasteiger partial charge in [0, 0.05) is 44.2 Å². The highest BCUT2D eigenvalue weighted by Crippen LogP contribution is 2.41. The summed E-state index contributed by atoms with van der Waals surface area (Å²) < 4.78 is 0. The molecule has 132 valence electrons. The lowest BCUT2D eigenvalue weighted by Gasteiger charge is -2.35. The van der Waals surface area contributed by atoms with Gasteiger partial charge in [-0.25, -0.2) is 4.98 Å². The maximum absolute atomic E-state index is 11.5. The summed E-state index contributed by atoms with van der Waals surface area (Å²) in [6.07, 6.45) is 1.68. The van der Waals surface area contributed by atoms with Crippen LogP contribution in [0.1, 0.15) is 6.92 Å². The number of nitrogens with zero attached hydrogens (tertiary/aromatic N) is 4. The number of piperazine rings is 1. The number of anilines is 2. The lowest BCUT2D eigenvalue weighted by atomic mass is 10.3. The van der Waals surface area contributed by atoms with Crippen molar-refractivity contribution in [2.45, 2.75) is 16.7 Å². The van der Waals surface area contributed by atoms with Crippen LogP contribution in [0.4, 0.5) is 11.8 Å². The number of halogens is 2. The minimum absolute atomic E-state index is 0.0827. The first-order valence-corrected chi connectivity index (χ1v) is 9.28. The maximum Gasteiger partial charge on any atom is 0.222 e. The number of carbonyl (C=O) groups is 1. The molecule has 3 rings (SSSR count). The second kappa shape index (κ2) is 7.68. The van der Waals surface area contributed by atoms with Crippen LogP contribution in [0.5, 0.6) is 0 Å². The number of aromatic nitrogens is 2. The van der Waals surface area contributed by atoms with E-state index in [1.165, 1.54) is 11.8 Å². The Hall–Kier alpha value is -1.70. The molecule has 0 bridgehead atoms. The zero-order valence-corrected chi connectivity index (χ0v) is 15.9. The third kappa shape index (κ3) is 4.11. The molecule has 1 saturated heterocycles. The number of amides is 1. The largest absolute Gasteiger partial charge is 0.368 e. The topological polar surface area (TPSA) is 75.4 Å². The van der Waals surface area contributed by atoms with Crippen LogP contribution < -0.4 is 10.6 Å². The molecule has 1 fully saturated rings. The number of nitrogen functional groups attached to an aromatic ring is 1.